The quantitative estimate of drug-likeness (QED) is 0.604. The summed E-state index contributed by atoms with van der Waals surface area (Å²) in [6.45, 7) is 4.02. The third kappa shape index (κ3) is 3.15. The Bertz CT molecular complexity index is 708. The Hall–Kier alpha value is -1.22. The second-order valence-electron chi connectivity index (χ2n) is 6.26. The molecule has 0 bridgehead atoms. The predicted molar refractivity (Wildman–Crippen MR) is 91.9 cm³/mol. The summed E-state index contributed by atoms with van der Waals surface area (Å²) in [7, 11) is 0. The molecule has 1 saturated heterocycles. The zero-order chi connectivity index (χ0) is 17.3. The molecule has 132 valence electrons. The Kier molecular flexibility index (Phi) is 5.39. The molecule has 0 amide bonds. The van der Waals surface area contributed by atoms with Gasteiger partial charge in [-0.05, 0) is 25.0 Å². The summed E-state index contributed by atoms with van der Waals surface area (Å²) in [5.74, 6) is 0.465. The van der Waals surface area contributed by atoms with Gasteiger partial charge in [0.2, 0.25) is 0 Å². The van der Waals surface area contributed by atoms with E-state index in [1.54, 1.807) is 0 Å². The fourth-order valence-corrected chi connectivity index (χ4v) is 3.88. The Morgan fingerprint density at radius 2 is 2.25 bits per heavy atom. The number of rotatable bonds is 6. The molecule has 0 radical (unpaired) electrons. The van der Waals surface area contributed by atoms with E-state index in [2.05, 4.69) is 28.9 Å². The first kappa shape index (κ1) is 17.6. The van der Waals surface area contributed by atoms with Gasteiger partial charge in [-0.25, -0.2) is 14.6 Å². The van der Waals surface area contributed by atoms with Crippen LogP contribution >= 0.6 is 11.8 Å². The van der Waals surface area contributed by atoms with Crippen molar-refractivity contribution in [1.29, 1.82) is 0 Å². The molecule has 8 heteroatoms. The van der Waals surface area contributed by atoms with Gasteiger partial charge >= 0.3 is 0 Å². The SMILES string of the molecule is CCC1OC(n2nc(CC(O)CO)c3c(SC)ncnc32)CC1C. The van der Waals surface area contributed by atoms with E-state index in [9.17, 15) is 5.11 Å². The molecule has 2 aromatic rings. The van der Waals surface area contributed by atoms with Crippen LogP contribution in [0.25, 0.3) is 11.0 Å². The van der Waals surface area contributed by atoms with E-state index >= 15 is 0 Å². The molecule has 7 nitrogen and oxygen atoms in total. The van der Waals surface area contributed by atoms with E-state index in [0.29, 0.717) is 11.6 Å². The van der Waals surface area contributed by atoms with Gasteiger partial charge in [-0.1, -0.05) is 13.8 Å². The summed E-state index contributed by atoms with van der Waals surface area (Å²) in [6.07, 6.45) is 4.83. The van der Waals surface area contributed by atoms with Crippen LogP contribution in [0.4, 0.5) is 0 Å². The molecule has 0 spiro atoms. The van der Waals surface area contributed by atoms with Gasteiger partial charge in [-0.3, -0.25) is 0 Å². The highest BCUT2D eigenvalue weighted by Crippen LogP contribution is 2.37. The monoisotopic (exact) mass is 352 g/mol. The predicted octanol–water partition coefficient (Wildman–Crippen LogP) is 1.78. The summed E-state index contributed by atoms with van der Waals surface area (Å²) in [6, 6.07) is 0. The van der Waals surface area contributed by atoms with Gasteiger partial charge < -0.3 is 14.9 Å². The topological polar surface area (TPSA) is 93.3 Å². The number of hydrogen-bond acceptors (Lipinski definition) is 7. The number of aliphatic hydroxyl groups is 2. The van der Waals surface area contributed by atoms with Crippen molar-refractivity contribution in [3.63, 3.8) is 0 Å². The van der Waals surface area contributed by atoms with E-state index < -0.39 is 6.10 Å². The van der Waals surface area contributed by atoms with E-state index in [-0.39, 0.29) is 25.4 Å². The number of fused-ring (bicyclic) bond motifs is 1. The van der Waals surface area contributed by atoms with Crippen molar-refractivity contribution >= 4 is 22.8 Å². The normalized spacial score (nSPS) is 25.5. The van der Waals surface area contributed by atoms with Crippen LogP contribution in [0.3, 0.4) is 0 Å². The number of thioether (sulfide) groups is 1. The molecule has 24 heavy (non-hydrogen) atoms. The summed E-state index contributed by atoms with van der Waals surface area (Å²) >= 11 is 1.52. The second kappa shape index (κ2) is 7.35. The average molecular weight is 352 g/mol. The smallest absolute Gasteiger partial charge is 0.165 e. The lowest BCUT2D eigenvalue weighted by Gasteiger charge is -2.13. The lowest BCUT2D eigenvalue weighted by Crippen LogP contribution is -2.17. The zero-order valence-electron chi connectivity index (χ0n) is 14.2. The van der Waals surface area contributed by atoms with E-state index in [4.69, 9.17) is 9.84 Å². The standard InChI is InChI=1S/C16H24N4O3S/c1-4-12-9(2)5-13(23-12)20-15-14(16(24-3)18-8-17-15)11(19-20)6-10(22)7-21/h8-10,12-13,21-22H,4-7H2,1-3H3. The molecule has 0 saturated carbocycles. The number of nitrogens with zero attached hydrogens (tertiary/aromatic N) is 4. The van der Waals surface area contributed by atoms with Crippen molar-refractivity contribution in [2.75, 3.05) is 12.9 Å². The van der Waals surface area contributed by atoms with Crippen LogP contribution in [0.1, 0.15) is 38.6 Å². The van der Waals surface area contributed by atoms with Gasteiger partial charge in [0.1, 0.15) is 11.4 Å². The van der Waals surface area contributed by atoms with Crippen LogP contribution < -0.4 is 0 Å². The minimum Gasteiger partial charge on any atom is -0.394 e. The molecule has 4 atom stereocenters. The van der Waals surface area contributed by atoms with Crippen molar-refractivity contribution in [2.45, 2.75) is 56.6 Å². The van der Waals surface area contributed by atoms with Crippen molar-refractivity contribution in [2.24, 2.45) is 5.92 Å². The highest BCUT2D eigenvalue weighted by molar-refractivity contribution is 7.98. The maximum Gasteiger partial charge on any atom is 0.165 e. The summed E-state index contributed by atoms with van der Waals surface area (Å²) in [4.78, 5) is 8.73. The first-order chi connectivity index (χ1) is 11.6. The van der Waals surface area contributed by atoms with Gasteiger partial charge in [0.05, 0.1) is 29.9 Å². The van der Waals surface area contributed by atoms with Gasteiger partial charge in [0, 0.05) is 6.42 Å². The zero-order valence-corrected chi connectivity index (χ0v) is 15.0. The molecule has 2 N–H and O–H groups in total. The van der Waals surface area contributed by atoms with Gasteiger partial charge in [0.25, 0.3) is 0 Å². The maximum atomic E-state index is 9.85. The molecule has 1 aliphatic heterocycles. The number of aliphatic hydroxyl groups excluding tert-OH is 2. The molecule has 1 aliphatic rings. The summed E-state index contributed by atoms with van der Waals surface area (Å²) in [5.41, 5.74) is 1.43. The molecule has 0 aromatic carbocycles. The highest BCUT2D eigenvalue weighted by atomic mass is 32.2. The van der Waals surface area contributed by atoms with Crippen LogP contribution in [-0.4, -0.2) is 55.0 Å². The lowest BCUT2D eigenvalue weighted by molar-refractivity contribution is -0.00984. The van der Waals surface area contributed by atoms with Crippen molar-refractivity contribution in [1.82, 2.24) is 19.7 Å². The van der Waals surface area contributed by atoms with E-state index in [1.165, 1.54) is 18.1 Å². The van der Waals surface area contributed by atoms with E-state index in [0.717, 1.165) is 28.9 Å². The number of hydrogen-bond donors (Lipinski definition) is 2. The Morgan fingerprint density at radius 3 is 2.88 bits per heavy atom. The van der Waals surface area contributed by atoms with E-state index in [1.807, 2.05) is 10.9 Å². The fourth-order valence-electron chi connectivity index (χ4n) is 3.32. The maximum absolute atomic E-state index is 9.85. The number of ether oxygens (including phenoxy) is 1. The summed E-state index contributed by atoms with van der Waals surface area (Å²) in [5, 5.41) is 25.4. The summed E-state index contributed by atoms with van der Waals surface area (Å²) < 4.78 is 7.98. The Balaban J connectivity index is 2.05. The van der Waals surface area contributed by atoms with Crippen molar-refractivity contribution < 1.29 is 14.9 Å². The highest BCUT2D eigenvalue weighted by Gasteiger charge is 2.34. The molecule has 3 heterocycles. The minimum atomic E-state index is -0.849. The minimum absolute atomic E-state index is 0.155. The first-order valence-corrected chi connectivity index (χ1v) is 9.51. The molecular weight excluding hydrogens is 328 g/mol. The number of aromatic nitrogens is 4. The Morgan fingerprint density at radius 1 is 1.46 bits per heavy atom. The van der Waals surface area contributed by atoms with Crippen LogP contribution in [0.15, 0.2) is 11.4 Å². The molecule has 4 unspecified atom stereocenters. The van der Waals surface area contributed by atoms with Crippen molar-refractivity contribution in [3.8, 4) is 0 Å². The second-order valence-corrected chi connectivity index (χ2v) is 7.06. The third-order valence-corrected chi connectivity index (χ3v) is 5.27. The molecule has 1 fully saturated rings. The van der Waals surface area contributed by atoms with Crippen LogP contribution in [0.2, 0.25) is 0 Å². The molecule has 3 rings (SSSR count). The molecular formula is C16H24N4O3S. The fraction of sp³-hybridized carbons (Fsp3) is 0.688. The first-order valence-electron chi connectivity index (χ1n) is 8.29. The van der Waals surface area contributed by atoms with Crippen LogP contribution in [-0.2, 0) is 11.2 Å². The largest absolute Gasteiger partial charge is 0.394 e. The molecule has 0 aliphatic carbocycles. The van der Waals surface area contributed by atoms with Gasteiger partial charge in [-0.2, -0.15) is 5.10 Å². The molecule has 2 aromatic heterocycles. The van der Waals surface area contributed by atoms with Crippen LogP contribution in [0.5, 0.6) is 0 Å². The van der Waals surface area contributed by atoms with Crippen LogP contribution in [0, 0.1) is 5.92 Å². The average Bonchev–Trinajstić information content (AvgIpc) is 3.15. The lowest BCUT2D eigenvalue weighted by atomic mass is 10.0. The van der Waals surface area contributed by atoms with Gasteiger partial charge in [-0.15, -0.1) is 11.8 Å². The van der Waals surface area contributed by atoms with Crippen molar-refractivity contribution in [3.05, 3.63) is 12.0 Å². The third-order valence-electron chi connectivity index (χ3n) is 4.57. The van der Waals surface area contributed by atoms with Gasteiger partial charge in [0.15, 0.2) is 11.9 Å². The Labute approximate surface area is 145 Å².